The van der Waals surface area contributed by atoms with Gasteiger partial charge < -0.3 is 30.6 Å². The fourth-order valence-electron chi connectivity index (χ4n) is 1.77. The molecule has 0 aromatic heterocycles. The van der Waals surface area contributed by atoms with Gasteiger partial charge in [-0.2, -0.15) is 61.4 Å². The van der Waals surface area contributed by atoms with Crippen LogP contribution in [-0.2, 0) is 50.3 Å². The summed E-state index contributed by atoms with van der Waals surface area (Å²) in [5, 5.41) is 110. The summed E-state index contributed by atoms with van der Waals surface area (Å²) < 4.78 is 0. The molecule has 0 aromatic rings. The number of azo groups is 6. The van der Waals surface area contributed by atoms with Crippen molar-refractivity contribution in [1.29, 1.82) is 0 Å². The second-order valence-corrected chi connectivity index (χ2v) is 21.1. The Morgan fingerprint density at radius 2 is 0.275 bits per heavy atom. The molecular weight excluding hydrogens is 1020 g/mol. The van der Waals surface area contributed by atoms with Gasteiger partial charge in [0.1, 0.15) is 0 Å². The van der Waals surface area contributed by atoms with Crippen molar-refractivity contribution in [2.75, 3.05) is 0 Å². The van der Waals surface area contributed by atoms with E-state index >= 15 is 0 Å². The quantitative estimate of drug-likeness (QED) is 0.184. The number of nitrogens with zero attached hydrogens (tertiary/aromatic N) is 12. The third kappa shape index (κ3) is 78.8. The van der Waals surface area contributed by atoms with Gasteiger partial charge in [-0.05, 0) is 166 Å². The Balaban J connectivity index is -0.0000000887. The Bertz CT molecular complexity index is 1460. The molecule has 0 unspecified atom stereocenters. The van der Waals surface area contributed by atoms with Gasteiger partial charge in [-0.15, -0.1) is 34.6 Å². The van der Waals surface area contributed by atoms with Crippen LogP contribution in [0.15, 0.2) is 130 Å². The molecule has 0 aliphatic rings. The van der Waals surface area contributed by atoms with Gasteiger partial charge in [-0.3, -0.25) is 0 Å². The molecule has 0 spiro atoms. The van der Waals surface area contributed by atoms with Crippen molar-refractivity contribution >= 4 is 0 Å². The first-order valence-corrected chi connectivity index (χ1v) is 21.6. The van der Waals surface area contributed by atoms with Crippen LogP contribution in [-0.4, -0.2) is 33.2 Å². The normalized spacial score (nSPS) is 14.7. The number of allylic oxidation sites excluding steroid dienone is 12. The maximum atomic E-state index is 10.7. The van der Waals surface area contributed by atoms with Crippen LogP contribution in [0.5, 0.6) is 0 Å². The molecule has 0 atom stereocenters. The van der Waals surface area contributed by atoms with E-state index in [2.05, 4.69) is 61.4 Å². The molecule has 0 aliphatic carbocycles. The molecule has 0 aliphatic heterocycles. The third-order valence-electron chi connectivity index (χ3n) is 6.06. The van der Waals surface area contributed by atoms with Gasteiger partial charge in [0.2, 0.25) is 0 Å². The van der Waals surface area contributed by atoms with Gasteiger partial charge in [0, 0.05) is 34.2 Å². The van der Waals surface area contributed by atoms with E-state index in [1.807, 2.05) is 125 Å². The molecule has 69 heavy (non-hydrogen) atoms. The van der Waals surface area contributed by atoms with Crippen molar-refractivity contribution in [3.63, 3.8) is 0 Å². The topological polar surface area (TPSA) is 287 Å². The van der Waals surface area contributed by atoms with Crippen LogP contribution in [0.3, 0.4) is 0 Å². The Morgan fingerprint density at radius 1 is 0.203 bits per heavy atom. The van der Waals surface area contributed by atoms with Crippen molar-refractivity contribution in [2.24, 2.45) is 61.4 Å². The van der Waals surface area contributed by atoms with E-state index in [4.69, 9.17) is 0 Å². The summed E-state index contributed by atoms with van der Waals surface area (Å²) in [5.74, 6) is -0.178. The molecule has 405 valence electrons. The summed E-state index contributed by atoms with van der Waals surface area (Å²) in [6, 6.07) is 0. The predicted octanol–water partition coefficient (Wildman–Crippen LogP) is 11.1. The van der Waals surface area contributed by atoms with Crippen molar-refractivity contribution in [1.82, 2.24) is 0 Å². The van der Waals surface area contributed by atoms with Crippen molar-refractivity contribution in [2.45, 2.75) is 241 Å². The Hall–Kier alpha value is -3.64. The molecule has 0 rings (SSSR count). The second kappa shape index (κ2) is 40.0. The van der Waals surface area contributed by atoms with Crippen LogP contribution in [0.2, 0.25) is 0 Å². The maximum absolute atomic E-state index is 10.7. The monoisotopic (exact) mass is 1110 g/mol. The smallest absolute Gasteiger partial charge is 0.874 e. The van der Waals surface area contributed by atoms with Gasteiger partial charge in [-0.25, -0.2) is 0 Å². The molecule has 0 saturated heterocycles. The number of rotatable bonds is 6. The van der Waals surface area contributed by atoms with E-state index in [9.17, 15) is 30.6 Å². The second-order valence-electron chi connectivity index (χ2n) is 21.1. The van der Waals surface area contributed by atoms with Crippen LogP contribution >= 0.6 is 0 Å². The Kier molecular flexibility index (Phi) is 49.4. The minimum atomic E-state index is -0.198. The summed E-state index contributed by atoms with van der Waals surface area (Å²) in [7, 11) is 0. The van der Waals surface area contributed by atoms with E-state index in [0.717, 1.165) is 0 Å². The summed E-state index contributed by atoms with van der Waals surface area (Å²) in [5.41, 5.74) is 1.56. The largest absolute Gasteiger partial charge is 2.00 e. The minimum absolute atomic E-state index is 0. The molecule has 0 bridgehead atoms. The zero-order chi connectivity index (χ0) is 54.4. The predicted molar refractivity (Wildman–Crippen MR) is 258 cm³/mol. The summed E-state index contributed by atoms with van der Waals surface area (Å²) >= 11 is 0. The molecule has 21 heteroatoms. The van der Waals surface area contributed by atoms with Crippen LogP contribution in [0.25, 0.3) is 0 Å². The van der Waals surface area contributed by atoms with Gasteiger partial charge in [0.05, 0.1) is 33.2 Å². The zero-order valence-electron chi connectivity index (χ0n) is 47.8. The SMILES string of the molecule is C/C([O-])=C(\C)N=NC(C)(C)C.C/C([O-])=C(\C)N=NC(C)(C)C.C/C([O-])=C(\C)N=NC(C)(C)C.C/C([O-])=C(\C)N=NC(C)(C)C.C/C([O-])=C(\C)N=NC(C)(C)C.C/C([O-])=C(\C)N=NC(C)(C)C.[Co+2].[Co+2].[Co+2]. The first-order valence-electron chi connectivity index (χ1n) is 21.6. The average molecular weight is 1110 g/mol. The fourth-order valence-corrected chi connectivity index (χ4v) is 1.77. The molecule has 0 aromatic carbocycles. The van der Waals surface area contributed by atoms with E-state index in [1.165, 1.54) is 41.5 Å². The van der Waals surface area contributed by atoms with Crippen LogP contribution < -0.4 is 30.6 Å². The Labute approximate surface area is 449 Å². The molecule has 3 radical (unpaired) electrons. The van der Waals surface area contributed by atoms with E-state index < -0.39 is 0 Å². The molecule has 0 heterocycles. The third-order valence-corrected chi connectivity index (χ3v) is 6.06. The van der Waals surface area contributed by atoms with Gasteiger partial charge in [0.25, 0.3) is 0 Å². The van der Waals surface area contributed by atoms with Crippen LogP contribution in [0, 0.1) is 0 Å². The molecule has 0 saturated carbocycles. The minimum Gasteiger partial charge on any atom is -0.874 e. The van der Waals surface area contributed by atoms with E-state index in [0.29, 0.717) is 34.2 Å². The number of hydrogen-bond acceptors (Lipinski definition) is 18. The Morgan fingerprint density at radius 3 is 0.319 bits per heavy atom. The molecule has 0 N–H and O–H groups in total. The van der Waals surface area contributed by atoms with Crippen molar-refractivity contribution in [3.05, 3.63) is 68.7 Å². The van der Waals surface area contributed by atoms with Crippen LogP contribution in [0.4, 0.5) is 0 Å². The zero-order valence-corrected chi connectivity index (χ0v) is 50.9. The van der Waals surface area contributed by atoms with E-state index in [1.54, 1.807) is 41.5 Å². The average Bonchev–Trinajstić information content (AvgIpc) is 3.11. The van der Waals surface area contributed by atoms with Gasteiger partial charge in [-0.1, -0.05) is 41.5 Å². The molecule has 18 nitrogen and oxygen atoms in total. The first kappa shape index (κ1) is 85.2. The first-order chi connectivity index (χ1) is 29.0. The van der Waals surface area contributed by atoms with Gasteiger partial charge in [0.15, 0.2) is 0 Å². The van der Waals surface area contributed by atoms with Crippen molar-refractivity contribution in [3.8, 4) is 0 Å². The summed E-state index contributed by atoms with van der Waals surface area (Å²) in [6.45, 7) is 53.7. The maximum Gasteiger partial charge on any atom is 2.00 e. The van der Waals surface area contributed by atoms with Crippen molar-refractivity contribution < 1.29 is 81.0 Å². The van der Waals surface area contributed by atoms with E-state index in [-0.39, 0.29) is 118 Å². The van der Waals surface area contributed by atoms with Crippen LogP contribution in [0.1, 0.15) is 208 Å². The molecular formula is C48H90Co3N12O6. The molecule has 0 amide bonds. The number of hydrogen-bond donors (Lipinski definition) is 0. The molecule has 0 fully saturated rings. The summed E-state index contributed by atoms with van der Waals surface area (Å²) in [6.07, 6.45) is 0. The fraction of sp³-hybridized carbons (Fsp3) is 0.750. The standard InChI is InChI=1S/6C8H16N2O.3Co/c6*1-6(7(2)11)9-10-8(3,4)5;;;/h6*11H,1-5H3;;;/q;;;;;;3*+2/p-6/b6*7-6-,10-9?;;;. The summed E-state index contributed by atoms with van der Waals surface area (Å²) in [4.78, 5) is 0. The van der Waals surface area contributed by atoms with Gasteiger partial charge >= 0.3 is 50.3 Å².